The van der Waals surface area contributed by atoms with Gasteiger partial charge < -0.3 is 14.7 Å². The van der Waals surface area contributed by atoms with Gasteiger partial charge in [-0.1, -0.05) is 35.5 Å². The molecule has 1 unspecified atom stereocenters. The Morgan fingerprint density at radius 3 is 2.88 bits per heavy atom. The van der Waals surface area contributed by atoms with Crippen molar-refractivity contribution in [2.75, 3.05) is 19.6 Å². The van der Waals surface area contributed by atoms with Crippen molar-refractivity contribution in [3.8, 4) is 0 Å². The minimum Gasteiger partial charge on any atom is -0.339 e. The first-order valence-electron chi connectivity index (χ1n) is 9.17. The number of likely N-dealkylation sites (tertiary alicyclic amines) is 1. The summed E-state index contributed by atoms with van der Waals surface area (Å²) < 4.78 is 5.31. The average Bonchev–Trinajstić information content (AvgIpc) is 3.20. The Bertz CT molecular complexity index is 711. The molecular formula is C19H24N4O2. The predicted molar refractivity (Wildman–Crippen MR) is 93.2 cm³/mol. The van der Waals surface area contributed by atoms with E-state index in [4.69, 9.17) is 4.52 Å². The molecule has 1 saturated heterocycles. The first-order chi connectivity index (χ1) is 12.3. The fourth-order valence-electron chi connectivity index (χ4n) is 3.36. The maximum absolute atomic E-state index is 12.3. The van der Waals surface area contributed by atoms with E-state index in [2.05, 4.69) is 27.6 Å². The lowest BCUT2D eigenvalue weighted by Crippen LogP contribution is -2.39. The van der Waals surface area contributed by atoms with Gasteiger partial charge in [-0.2, -0.15) is 4.98 Å². The topological polar surface area (TPSA) is 71.3 Å². The molecule has 25 heavy (non-hydrogen) atoms. The highest BCUT2D eigenvalue weighted by atomic mass is 16.5. The van der Waals surface area contributed by atoms with E-state index in [-0.39, 0.29) is 6.03 Å². The summed E-state index contributed by atoms with van der Waals surface area (Å²) in [5.74, 6) is 2.50. The van der Waals surface area contributed by atoms with Gasteiger partial charge in [-0.05, 0) is 37.2 Å². The van der Waals surface area contributed by atoms with Gasteiger partial charge in [0.1, 0.15) is 0 Å². The molecule has 1 saturated carbocycles. The largest absolute Gasteiger partial charge is 0.339 e. The van der Waals surface area contributed by atoms with Crippen LogP contribution in [-0.2, 0) is 12.8 Å². The van der Waals surface area contributed by atoms with Crippen molar-refractivity contribution >= 4 is 6.03 Å². The third-order valence-corrected chi connectivity index (χ3v) is 4.99. The van der Waals surface area contributed by atoms with E-state index in [1.54, 1.807) is 0 Å². The maximum atomic E-state index is 12.3. The molecule has 1 N–H and O–H groups in total. The van der Waals surface area contributed by atoms with Crippen LogP contribution >= 0.6 is 0 Å². The van der Waals surface area contributed by atoms with Gasteiger partial charge in [-0.15, -0.1) is 0 Å². The van der Waals surface area contributed by atoms with Crippen LogP contribution in [0.25, 0.3) is 0 Å². The number of nitrogens with zero attached hydrogens (tertiary/aromatic N) is 3. The van der Waals surface area contributed by atoms with Gasteiger partial charge in [0.15, 0.2) is 5.82 Å². The van der Waals surface area contributed by atoms with Crippen LogP contribution in [0.4, 0.5) is 4.79 Å². The lowest BCUT2D eigenvalue weighted by Gasteiger charge is -2.17. The fraction of sp³-hybridized carbons (Fsp3) is 0.526. The highest BCUT2D eigenvalue weighted by Crippen LogP contribution is 2.39. The molecule has 2 fully saturated rings. The SMILES string of the molecule is O=C(NCCc1ccccc1)N1CCC(Cc2noc(C3CC3)n2)C1. The number of carbonyl (C=O) groups is 1. The van der Waals surface area contributed by atoms with Crippen molar-refractivity contribution in [2.45, 2.75) is 38.0 Å². The maximum Gasteiger partial charge on any atom is 0.317 e. The molecule has 1 aliphatic heterocycles. The Kier molecular flexibility index (Phi) is 4.68. The van der Waals surface area contributed by atoms with Crippen molar-refractivity contribution in [3.05, 3.63) is 47.6 Å². The second-order valence-corrected chi connectivity index (χ2v) is 7.10. The molecule has 1 aromatic heterocycles. The molecule has 0 spiro atoms. The number of hydrogen-bond acceptors (Lipinski definition) is 4. The zero-order valence-corrected chi connectivity index (χ0v) is 14.4. The smallest absolute Gasteiger partial charge is 0.317 e. The number of hydrogen-bond donors (Lipinski definition) is 1. The number of carbonyl (C=O) groups excluding carboxylic acids is 1. The lowest BCUT2D eigenvalue weighted by molar-refractivity contribution is 0.207. The molecule has 2 aromatic rings. The molecule has 2 aliphatic rings. The molecule has 6 nitrogen and oxygen atoms in total. The summed E-state index contributed by atoms with van der Waals surface area (Å²) in [6.45, 7) is 2.24. The number of benzene rings is 1. The first kappa shape index (κ1) is 16.1. The summed E-state index contributed by atoms with van der Waals surface area (Å²) in [7, 11) is 0. The second kappa shape index (κ2) is 7.25. The van der Waals surface area contributed by atoms with E-state index >= 15 is 0 Å². The van der Waals surface area contributed by atoms with E-state index in [1.807, 2.05) is 23.1 Å². The van der Waals surface area contributed by atoms with Crippen LogP contribution in [0.15, 0.2) is 34.9 Å². The van der Waals surface area contributed by atoms with Crippen LogP contribution in [0.5, 0.6) is 0 Å². The minimum atomic E-state index is 0.0326. The summed E-state index contributed by atoms with van der Waals surface area (Å²) in [5, 5.41) is 7.11. The second-order valence-electron chi connectivity index (χ2n) is 7.10. The molecular weight excluding hydrogens is 316 g/mol. The van der Waals surface area contributed by atoms with Crippen molar-refractivity contribution in [2.24, 2.45) is 5.92 Å². The molecule has 1 aromatic carbocycles. The van der Waals surface area contributed by atoms with E-state index in [0.717, 1.165) is 44.1 Å². The summed E-state index contributed by atoms with van der Waals surface area (Å²) in [6.07, 6.45) is 4.99. The van der Waals surface area contributed by atoms with Gasteiger partial charge in [-0.25, -0.2) is 4.79 Å². The van der Waals surface area contributed by atoms with Crippen LogP contribution in [0.3, 0.4) is 0 Å². The summed E-state index contributed by atoms with van der Waals surface area (Å²) in [6, 6.07) is 10.2. The third kappa shape index (κ3) is 4.18. The quantitative estimate of drug-likeness (QED) is 0.878. The van der Waals surface area contributed by atoms with Crippen molar-refractivity contribution < 1.29 is 9.32 Å². The standard InChI is InChI=1S/C19H24N4O2/c24-19(20-10-8-14-4-2-1-3-5-14)23-11-9-15(13-23)12-17-21-18(25-22-17)16-6-7-16/h1-5,15-16H,6-13H2,(H,20,24). The van der Waals surface area contributed by atoms with E-state index in [1.165, 1.54) is 18.4 Å². The Balaban J connectivity index is 1.20. The van der Waals surface area contributed by atoms with E-state index < -0.39 is 0 Å². The van der Waals surface area contributed by atoms with Gasteiger partial charge in [0.25, 0.3) is 0 Å². The zero-order valence-electron chi connectivity index (χ0n) is 14.4. The molecule has 1 atom stereocenters. The molecule has 132 valence electrons. The third-order valence-electron chi connectivity index (χ3n) is 4.99. The van der Waals surface area contributed by atoms with Gasteiger partial charge in [-0.3, -0.25) is 0 Å². The lowest BCUT2D eigenvalue weighted by atomic mass is 10.1. The molecule has 2 heterocycles. The van der Waals surface area contributed by atoms with E-state index in [0.29, 0.717) is 18.4 Å². The zero-order chi connectivity index (χ0) is 17.1. The van der Waals surface area contributed by atoms with Gasteiger partial charge >= 0.3 is 6.03 Å². The van der Waals surface area contributed by atoms with Crippen LogP contribution in [0, 0.1) is 5.92 Å². The minimum absolute atomic E-state index is 0.0326. The Morgan fingerprint density at radius 1 is 1.24 bits per heavy atom. The monoisotopic (exact) mass is 340 g/mol. The molecule has 6 heteroatoms. The van der Waals surface area contributed by atoms with Gasteiger partial charge in [0.05, 0.1) is 0 Å². The van der Waals surface area contributed by atoms with Gasteiger partial charge in [0.2, 0.25) is 5.89 Å². The number of nitrogens with one attached hydrogen (secondary N) is 1. The summed E-state index contributed by atoms with van der Waals surface area (Å²) in [4.78, 5) is 18.7. The normalized spacial score (nSPS) is 20.0. The molecule has 2 amide bonds. The molecule has 0 radical (unpaired) electrons. The predicted octanol–water partition coefficient (Wildman–Crippen LogP) is 2.76. The highest BCUT2D eigenvalue weighted by molar-refractivity contribution is 5.74. The Hall–Kier alpha value is -2.37. The first-order valence-corrected chi connectivity index (χ1v) is 9.17. The number of rotatable bonds is 6. The highest BCUT2D eigenvalue weighted by Gasteiger charge is 2.31. The van der Waals surface area contributed by atoms with Crippen molar-refractivity contribution in [3.63, 3.8) is 0 Å². The number of aromatic nitrogens is 2. The average molecular weight is 340 g/mol. The van der Waals surface area contributed by atoms with Crippen LogP contribution < -0.4 is 5.32 Å². The summed E-state index contributed by atoms with van der Waals surface area (Å²) in [5.41, 5.74) is 1.24. The summed E-state index contributed by atoms with van der Waals surface area (Å²) >= 11 is 0. The van der Waals surface area contributed by atoms with Crippen molar-refractivity contribution in [1.29, 1.82) is 0 Å². The fourth-order valence-corrected chi connectivity index (χ4v) is 3.36. The van der Waals surface area contributed by atoms with Gasteiger partial charge in [0, 0.05) is 32.0 Å². The van der Waals surface area contributed by atoms with Crippen LogP contribution in [-0.4, -0.2) is 40.7 Å². The van der Waals surface area contributed by atoms with Crippen LogP contribution in [0.1, 0.15) is 42.5 Å². The molecule has 4 rings (SSSR count). The van der Waals surface area contributed by atoms with E-state index in [9.17, 15) is 4.79 Å². The van der Waals surface area contributed by atoms with Crippen molar-refractivity contribution in [1.82, 2.24) is 20.4 Å². The van der Waals surface area contributed by atoms with Crippen LogP contribution in [0.2, 0.25) is 0 Å². The number of urea groups is 1. The Labute approximate surface area is 147 Å². The molecule has 0 bridgehead atoms. The Morgan fingerprint density at radius 2 is 2.08 bits per heavy atom. The molecule has 1 aliphatic carbocycles. The number of amides is 2.